The molecule has 0 bridgehead atoms. The summed E-state index contributed by atoms with van der Waals surface area (Å²) in [5.74, 6) is -0.109. The summed E-state index contributed by atoms with van der Waals surface area (Å²) in [6.07, 6.45) is 3.14. The molecule has 0 spiro atoms. The number of aryl methyl sites for hydroxylation is 2. The molecule has 5 heteroatoms. The molecule has 0 aliphatic carbocycles. The summed E-state index contributed by atoms with van der Waals surface area (Å²) in [5, 5.41) is 9.08. The first kappa shape index (κ1) is 29.0. The van der Waals surface area contributed by atoms with Crippen molar-refractivity contribution >= 4 is 17.5 Å². The summed E-state index contributed by atoms with van der Waals surface area (Å²) in [7, 11) is 0. The molecular weight excluding hydrogens is 478 g/mol. The van der Waals surface area contributed by atoms with E-state index < -0.39 is 0 Å². The van der Waals surface area contributed by atoms with Gasteiger partial charge in [-0.3, -0.25) is 9.48 Å². The van der Waals surface area contributed by atoms with Crippen LogP contribution in [-0.2, 0) is 6.54 Å². The molecule has 3 rings (SSSR count). The molecule has 0 aliphatic heterocycles. The van der Waals surface area contributed by atoms with Gasteiger partial charge in [0.05, 0.1) is 12.2 Å². The molecule has 2 unspecified atom stereocenters. The second kappa shape index (κ2) is 11.4. The number of benzene rings is 2. The number of carbonyl (C=O) groups is 1. The fourth-order valence-electron chi connectivity index (χ4n) is 5.64. The topological polar surface area (TPSA) is 46.9 Å². The first-order valence-corrected chi connectivity index (χ1v) is 13.9. The van der Waals surface area contributed by atoms with Gasteiger partial charge < -0.3 is 5.32 Å². The number of halogens is 1. The molecule has 0 saturated carbocycles. The SMILES string of the molecule is CCCC(C)(CC)C(NC(=O)c1nn(Cc2ccc(C)cc2)c(-c2ccc(Cl)c(C)c2)c1C)C(C)(C)C. The standard InChI is InChI=1S/C32H44ClN3O/c1-10-18-32(9,11-2)30(31(6,7)8)34-29(37)27-23(5)28(25-16-17-26(33)22(4)19-25)36(35-27)20-24-14-12-21(3)13-15-24/h12-17,19,30H,10-11,18,20H2,1-9H3,(H,34,37). The van der Waals surface area contributed by atoms with Crippen molar-refractivity contribution in [2.24, 2.45) is 10.8 Å². The third-order valence-corrected chi connectivity index (χ3v) is 8.18. The van der Waals surface area contributed by atoms with E-state index in [1.54, 1.807) is 0 Å². The molecule has 1 aromatic heterocycles. The summed E-state index contributed by atoms with van der Waals surface area (Å²) >= 11 is 6.34. The minimum Gasteiger partial charge on any atom is -0.347 e. The van der Waals surface area contributed by atoms with Gasteiger partial charge in [-0.1, -0.05) is 95.5 Å². The molecular formula is C32H44ClN3O. The third-order valence-electron chi connectivity index (χ3n) is 7.76. The van der Waals surface area contributed by atoms with Gasteiger partial charge in [0.1, 0.15) is 0 Å². The van der Waals surface area contributed by atoms with Crippen LogP contribution in [0.3, 0.4) is 0 Å². The Kier molecular flexibility index (Phi) is 8.95. The lowest BCUT2D eigenvalue weighted by Crippen LogP contribution is -2.53. The molecule has 0 fully saturated rings. The Morgan fingerprint density at radius 2 is 1.68 bits per heavy atom. The Bertz CT molecular complexity index is 1240. The van der Waals surface area contributed by atoms with E-state index in [1.807, 2.05) is 30.7 Å². The van der Waals surface area contributed by atoms with Crippen molar-refractivity contribution in [2.75, 3.05) is 0 Å². The molecule has 1 N–H and O–H groups in total. The zero-order valence-electron chi connectivity index (χ0n) is 24.1. The lowest BCUT2D eigenvalue weighted by atomic mass is 9.66. The highest BCUT2D eigenvalue weighted by Gasteiger charge is 2.41. The van der Waals surface area contributed by atoms with Gasteiger partial charge in [-0.2, -0.15) is 5.10 Å². The van der Waals surface area contributed by atoms with Crippen LogP contribution < -0.4 is 5.32 Å². The second-order valence-electron chi connectivity index (χ2n) is 12.0. The molecule has 0 radical (unpaired) electrons. The van der Waals surface area contributed by atoms with Crippen LogP contribution in [0.15, 0.2) is 42.5 Å². The fraction of sp³-hybridized carbons (Fsp3) is 0.500. The van der Waals surface area contributed by atoms with Crippen molar-refractivity contribution in [3.63, 3.8) is 0 Å². The highest BCUT2D eigenvalue weighted by atomic mass is 35.5. The molecule has 3 aromatic rings. The minimum absolute atomic E-state index is 0.00283. The smallest absolute Gasteiger partial charge is 0.272 e. The van der Waals surface area contributed by atoms with Gasteiger partial charge in [-0.15, -0.1) is 0 Å². The van der Waals surface area contributed by atoms with Crippen molar-refractivity contribution in [1.29, 1.82) is 0 Å². The van der Waals surface area contributed by atoms with Crippen molar-refractivity contribution < 1.29 is 4.79 Å². The number of hydrogen-bond acceptors (Lipinski definition) is 2. The van der Waals surface area contributed by atoms with E-state index in [-0.39, 0.29) is 22.8 Å². The van der Waals surface area contributed by atoms with Crippen molar-refractivity contribution in [3.05, 3.63) is 75.4 Å². The molecule has 1 amide bonds. The molecule has 200 valence electrons. The van der Waals surface area contributed by atoms with Crippen LogP contribution in [0.4, 0.5) is 0 Å². The van der Waals surface area contributed by atoms with Crippen LogP contribution in [0, 0.1) is 31.6 Å². The number of carbonyl (C=O) groups excluding carboxylic acids is 1. The van der Waals surface area contributed by atoms with Gasteiger partial charge in [0.2, 0.25) is 0 Å². The van der Waals surface area contributed by atoms with E-state index in [2.05, 4.69) is 84.1 Å². The van der Waals surface area contributed by atoms with Crippen LogP contribution in [0.1, 0.15) is 93.5 Å². The monoisotopic (exact) mass is 521 g/mol. The quantitative estimate of drug-likeness (QED) is 0.306. The van der Waals surface area contributed by atoms with E-state index in [9.17, 15) is 4.79 Å². The summed E-state index contributed by atoms with van der Waals surface area (Å²) in [4.78, 5) is 13.9. The van der Waals surface area contributed by atoms with Crippen molar-refractivity contribution in [1.82, 2.24) is 15.1 Å². The maximum Gasteiger partial charge on any atom is 0.272 e. The van der Waals surface area contributed by atoms with Gasteiger partial charge in [-0.25, -0.2) is 0 Å². The Labute approximate surface area is 228 Å². The first-order chi connectivity index (χ1) is 17.3. The lowest BCUT2D eigenvalue weighted by Gasteiger charge is -2.45. The maximum absolute atomic E-state index is 13.9. The summed E-state index contributed by atoms with van der Waals surface area (Å²) in [5.41, 5.74) is 6.58. The number of aromatic nitrogens is 2. The van der Waals surface area contributed by atoms with Gasteiger partial charge in [0, 0.05) is 22.2 Å². The number of hydrogen-bond donors (Lipinski definition) is 1. The highest BCUT2D eigenvalue weighted by molar-refractivity contribution is 6.31. The zero-order valence-corrected chi connectivity index (χ0v) is 24.9. The predicted molar refractivity (Wildman–Crippen MR) is 156 cm³/mol. The van der Waals surface area contributed by atoms with E-state index in [0.29, 0.717) is 12.2 Å². The van der Waals surface area contributed by atoms with E-state index in [1.165, 1.54) is 5.56 Å². The number of rotatable bonds is 9. The second-order valence-corrected chi connectivity index (χ2v) is 12.4. The lowest BCUT2D eigenvalue weighted by molar-refractivity contribution is 0.0670. The molecule has 1 heterocycles. The van der Waals surface area contributed by atoms with Gasteiger partial charge in [-0.05, 0) is 67.7 Å². The maximum atomic E-state index is 13.9. The van der Waals surface area contributed by atoms with Gasteiger partial charge >= 0.3 is 0 Å². The minimum atomic E-state index is -0.109. The predicted octanol–water partition coefficient (Wildman–Crippen LogP) is 8.54. The van der Waals surface area contributed by atoms with Crippen molar-refractivity contribution in [3.8, 4) is 11.3 Å². The molecule has 0 saturated heterocycles. The average molecular weight is 522 g/mol. The average Bonchev–Trinajstić information content (AvgIpc) is 3.15. The largest absolute Gasteiger partial charge is 0.347 e. The van der Waals surface area contributed by atoms with Crippen LogP contribution in [0.2, 0.25) is 5.02 Å². The van der Waals surface area contributed by atoms with E-state index >= 15 is 0 Å². The van der Waals surface area contributed by atoms with Crippen LogP contribution in [0.25, 0.3) is 11.3 Å². The Hall–Kier alpha value is -2.59. The zero-order chi connectivity index (χ0) is 27.5. The van der Waals surface area contributed by atoms with Crippen molar-refractivity contribution in [2.45, 2.75) is 94.2 Å². The first-order valence-electron chi connectivity index (χ1n) is 13.5. The molecule has 2 atom stereocenters. The summed E-state index contributed by atoms with van der Waals surface area (Å²) < 4.78 is 1.97. The number of nitrogens with zero attached hydrogens (tertiary/aromatic N) is 2. The highest BCUT2D eigenvalue weighted by Crippen LogP contribution is 2.40. The Morgan fingerprint density at radius 1 is 1.03 bits per heavy atom. The molecule has 4 nitrogen and oxygen atoms in total. The Morgan fingerprint density at radius 3 is 2.22 bits per heavy atom. The third kappa shape index (κ3) is 6.46. The molecule has 37 heavy (non-hydrogen) atoms. The van der Waals surface area contributed by atoms with Crippen LogP contribution in [0.5, 0.6) is 0 Å². The van der Waals surface area contributed by atoms with E-state index in [4.69, 9.17) is 16.7 Å². The fourth-order valence-corrected chi connectivity index (χ4v) is 5.75. The van der Waals surface area contributed by atoms with Crippen LogP contribution >= 0.6 is 11.6 Å². The molecule has 0 aliphatic rings. The summed E-state index contributed by atoms with van der Waals surface area (Å²) in [6, 6.07) is 14.5. The summed E-state index contributed by atoms with van der Waals surface area (Å²) in [6.45, 7) is 20.1. The number of amides is 1. The van der Waals surface area contributed by atoms with E-state index in [0.717, 1.165) is 52.2 Å². The Balaban J connectivity index is 2.09. The van der Waals surface area contributed by atoms with Gasteiger partial charge in [0.25, 0.3) is 5.91 Å². The van der Waals surface area contributed by atoms with Gasteiger partial charge in [0.15, 0.2) is 5.69 Å². The number of nitrogens with one attached hydrogen (secondary N) is 1. The van der Waals surface area contributed by atoms with Crippen LogP contribution in [-0.4, -0.2) is 21.7 Å². The molecule has 2 aromatic carbocycles. The normalized spacial score (nSPS) is 14.3.